The molecule has 0 aliphatic carbocycles. The van der Waals surface area contributed by atoms with Gasteiger partial charge in [-0.3, -0.25) is 4.79 Å². The van der Waals surface area contributed by atoms with E-state index < -0.39 is 5.54 Å². The van der Waals surface area contributed by atoms with Gasteiger partial charge in [-0.25, -0.2) is 0 Å². The molecule has 0 aliphatic rings. The van der Waals surface area contributed by atoms with Crippen molar-refractivity contribution >= 4 is 16.8 Å². The zero-order valence-electron chi connectivity index (χ0n) is 12.4. The van der Waals surface area contributed by atoms with E-state index >= 15 is 0 Å². The van der Waals surface area contributed by atoms with Crippen molar-refractivity contribution in [2.75, 3.05) is 13.2 Å². The Bertz CT molecular complexity index is 621. The van der Waals surface area contributed by atoms with Crippen LogP contribution in [0.25, 0.3) is 10.9 Å². The number of aliphatic hydroxyl groups excluding tert-OH is 2. The summed E-state index contributed by atoms with van der Waals surface area (Å²) in [5.74, 6) is -0.201. The summed E-state index contributed by atoms with van der Waals surface area (Å²) >= 11 is 0. The van der Waals surface area contributed by atoms with Crippen molar-refractivity contribution in [3.8, 4) is 0 Å². The zero-order valence-corrected chi connectivity index (χ0v) is 12.4. The molecule has 0 radical (unpaired) electrons. The van der Waals surface area contributed by atoms with Gasteiger partial charge in [0.15, 0.2) is 0 Å². The summed E-state index contributed by atoms with van der Waals surface area (Å²) in [4.78, 5) is 15.5. The first-order valence-electron chi connectivity index (χ1n) is 7.14. The highest BCUT2D eigenvalue weighted by molar-refractivity contribution is 5.90. The van der Waals surface area contributed by atoms with E-state index in [0.29, 0.717) is 6.42 Å². The molecule has 0 unspecified atom stereocenters. The minimum absolute atomic E-state index is 0.201. The lowest BCUT2D eigenvalue weighted by Gasteiger charge is -2.29. The first-order valence-corrected chi connectivity index (χ1v) is 7.14. The molecule has 0 bridgehead atoms. The standard InChI is InChI=1S/C16H22N2O3/c1-3-16(9-19,10-20)18-15(21)8-13-11(2)17-14-7-5-4-6-12(13)14/h4-7,17,19-20H,3,8-10H2,1-2H3,(H,18,21). The smallest absolute Gasteiger partial charge is 0.225 e. The molecule has 21 heavy (non-hydrogen) atoms. The molecule has 4 N–H and O–H groups in total. The lowest BCUT2D eigenvalue weighted by Crippen LogP contribution is -2.54. The number of benzene rings is 1. The zero-order chi connectivity index (χ0) is 15.5. The molecule has 2 aromatic rings. The number of aliphatic hydroxyl groups is 2. The van der Waals surface area contributed by atoms with Gasteiger partial charge in [0, 0.05) is 16.6 Å². The van der Waals surface area contributed by atoms with E-state index in [1.54, 1.807) is 0 Å². The van der Waals surface area contributed by atoms with Gasteiger partial charge in [0.2, 0.25) is 5.91 Å². The molecule has 0 spiro atoms. The average Bonchev–Trinajstić information content (AvgIpc) is 2.81. The lowest BCUT2D eigenvalue weighted by molar-refractivity contribution is -0.123. The van der Waals surface area contributed by atoms with E-state index in [9.17, 15) is 15.0 Å². The van der Waals surface area contributed by atoms with Crippen LogP contribution in [-0.2, 0) is 11.2 Å². The molecule has 2 rings (SSSR count). The molecular formula is C16H22N2O3. The van der Waals surface area contributed by atoms with Gasteiger partial charge in [0.25, 0.3) is 0 Å². The summed E-state index contributed by atoms with van der Waals surface area (Å²) in [6.45, 7) is 3.20. The second kappa shape index (κ2) is 6.28. The van der Waals surface area contributed by atoms with Gasteiger partial charge in [-0.2, -0.15) is 0 Å². The third-order valence-electron chi connectivity index (χ3n) is 4.05. The fourth-order valence-electron chi connectivity index (χ4n) is 2.50. The second-order valence-electron chi connectivity index (χ2n) is 5.45. The average molecular weight is 290 g/mol. The van der Waals surface area contributed by atoms with Crippen molar-refractivity contribution in [3.05, 3.63) is 35.5 Å². The van der Waals surface area contributed by atoms with Crippen LogP contribution in [0.3, 0.4) is 0 Å². The summed E-state index contributed by atoms with van der Waals surface area (Å²) in [7, 11) is 0. The monoisotopic (exact) mass is 290 g/mol. The third-order valence-corrected chi connectivity index (χ3v) is 4.05. The normalized spacial score (nSPS) is 11.8. The largest absolute Gasteiger partial charge is 0.394 e. The molecule has 5 heteroatoms. The van der Waals surface area contributed by atoms with Gasteiger partial charge in [-0.15, -0.1) is 0 Å². The number of aromatic nitrogens is 1. The van der Waals surface area contributed by atoms with Crippen LogP contribution in [0.1, 0.15) is 24.6 Å². The highest BCUT2D eigenvalue weighted by atomic mass is 16.3. The summed E-state index contributed by atoms with van der Waals surface area (Å²) < 4.78 is 0. The molecule has 1 heterocycles. The van der Waals surface area contributed by atoms with Gasteiger partial charge >= 0.3 is 0 Å². The Morgan fingerprint density at radius 1 is 1.29 bits per heavy atom. The van der Waals surface area contributed by atoms with Crippen molar-refractivity contribution in [1.29, 1.82) is 0 Å². The Morgan fingerprint density at radius 3 is 2.57 bits per heavy atom. The Kier molecular flexibility index (Phi) is 4.65. The molecule has 5 nitrogen and oxygen atoms in total. The summed E-state index contributed by atoms with van der Waals surface area (Å²) in [6.07, 6.45) is 0.691. The van der Waals surface area contributed by atoms with Crippen LogP contribution in [0.2, 0.25) is 0 Å². The van der Waals surface area contributed by atoms with E-state index in [0.717, 1.165) is 22.2 Å². The first-order chi connectivity index (χ1) is 10.0. The molecule has 0 aliphatic heterocycles. The maximum Gasteiger partial charge on any atom is 0.225 e. The highest BCUT2D eigenvalue weighted by Gasteiger charge is 2.28. The molecule has 0 fully saturated rings. The van der Waals surface area contributed by atoms with Crippen LogP contribution in [0.4, 0.5) is 0 Å². The second-order valence-corrected chi connectivity index (χ2v) is 5.45. The number of H-pyrrole nitrogens is 1. The van der Waals surface area contributed by atoms with Gasteiger partial charge in [0.1, 0.15) is 0 Å². The lowest BCUT2D eigenvalue weighted by atomic mass is 9.97. The number of carbonyl (C=O) groups is 1. The van der Waals surface area contributed by atoms with Crippen molar-refractivity contribution in [2.45, 2.75) is 32.2 Å². The quantitative estimate of drug-likeness (QED) is 0.646. The fraction of sp³-hybridized carbons (Fsp3) is 0.438. The number of aromatic amines is 1. The number of hydrogen-bond acceptors (Lipinski definition) is 3. The summed E-state index contributed by atoms with van der Waals surface area (Å²) in [6, 6.07) is 7.84. The SMILES string of the molecule is CCC(CO)(CO)NC(=O)Cc1c(C)[nH]c2ccccc12. The van der Waals surface area contributed by atoms with Gasteiger partial charge in [-0.05, 0) is 25.0 Å². The van der Waals surface area contributed by atoms with Crippen LogP contribution < -0.4 is 5.32 Å². The number of carbonyl (C=O) groups excluding carboxylic acids is 1. The van der Waals surface area contributed by atoms with E-state index in [2.05, 4.69) is 10.3 Å². The molecule has 0 saturated heterocycles. The van der Waals surface area contributed by atoms with Crippen LogP contribution in [0.15, 0.2) is 24.3 Å². The predicted octanol–water partition coefficient (Wildman–Crippen LogP) is 1.27. The van der Waals surface area contributed by atoms with Crippen LogP contribution in [0, 0.1) is 6.92 Å². The minimum atomic E-state index is -0.947. The number of fused-ring (bicyclic) bond motifs is 1. The first kappa shape index (κ1) is 15.5. The van der Waals surface area contributed by atoms with E-state index in [4.69, 9.17) is 0 Å². The van der Waals surface area contributed by atoms with E-state index in [-0.39, 0.29) is 25.5 Å². The highest BCUT2D eigenvalue weighted by Crippen LogP contribution is 2.22. The molecule has 1 aromatic carbocycles. The van der Waals surface area contributed by atoms with Crippen molar-refractivity contribution in [1.82, 2.24) is 10.3 Å². The minimum Gasteiger partial charge on any atom is -0.394 e. The number of rotatable bonds is 6. The molecule has 1 aromatic heterocycles. The van der Waals surface area contributed by atoms with Crippen molar-refractivity contribution < 1.29 is 15.0 Å². The van der Waals surface area contributed by atoms with E-state index in [1.807, 2.05) is 38.1 Å². The van der Waals surface area contributed by atoms with E-state index in [1.165, 1.54) is 0 Å². The predicted molar refractivity (Wildman–Crippen MR) is 82.1 cm³/mol. The van der Waals surface area contributed by atoms with Gasteiger partial charge < -0.3 is 20.5 Å². The number of para-hydroxylation sites is 1. The van der Waals surface area contributed by atoms with Crippen LogP contribution in [0.5, 0.6) is 0 Å². The topological polar surface area (TPSA) is 85.3 Å². The Hall–Kier alpha value is -1.85. The summed E-state index contributed by atoms with van der Waals surface area (Å²) in [5.41, 5.74) is 1.96. The van der Waals surface area contributed by atoms with Crippen molar-refractivity contribution in [3.63, 3.8) is 0 Å². The van der Waals surface area contributed by atoms with Gasteiger partial charge in [0.05, 0.1) is 25.2 Å². The molecule has 0 atom stereocenters. The van der Waals surface area contributed by atoms with Crippen LogP contribution >= 0.6 is 0 Å². The Balaban J connectivity index is 2.20. The number of amides is 1. The van der Waals surface area contributed by atoms with Gasteiger partial charge in [-0.1, -0.05) is 25.1 Å². The molecule has 114 valence electrons. The number of aryl methyl sites for hydroxylation is 1. The molecular weight excluding hydrogens is 268 g/mol. The Labute approximate surface area is 124 Å². The molecule has 1 amide bonds. The summed E-state index contributed by atoms with van der Waals surface area (Å²) in [5, 5.41) is 22.6. The number of hydrogen-bond donors (Lipinski definition) is 4. The molecule has 0 saturated carbocycles. The third kappa shape index (κ3) is 3.09. The Morgan fingerprint density at radius 2 is 1.95 bits per heavy atom. The number of nitrogens with one attached hydrogen (secondary N) is 2. The fourth-order valence-corrected chi connectivity index (χ4v) is 2.50. The maximum absolute atomic E-state index is 12.3. The van der Waals surface area contributed by atoms with Crippen molar-refractivity contribution in [2.24, 2.45) is 0 Å². The van der Waals surface area contributed by atoms with Crippen LogP contribution in [-0.4, -0.2) is 39.9 Å². The maximum atomic E-state index is 12.3.